The first-order valence-electron chi connectivity index (χ1n) is 8.34. The Balaban J connectivity index is 1.78. The molecule has 1 aromatic heterocycles. The Morgan fingerprint density at radius 2 is 2.00 bits per heavy atom. The molecular formula is C20H19ClN2O3S. The summed E-state index contributed by atoms with van der Waals surface area (Å²) < 4.78 is 6.94. The highest BCUT2D eigenvalue weighted by atomic mass is 35.5. The molecule has 3 rings (SSSR count). The van der Waals surface area contributed by atoms with Gasteiger partial charge in [0.05, 0.1) is 13.7 Å². The summed E-state index contributed by atoms with van der Waals surface area (Å²) in [6.45, 7) is 2.48. The van der Waals surface area contributed by atoms with Crippen molar-refractivity contribution in [3.8, 4) is 5.75 Å². The summed E-state index contributed by atoms with van der Waals surface area (Å²) >= 11 is 6.91. The Hall–Kier alpha value is -2.57. The van der Waals surface area contributed by atoms with E-state index >= 15 is 0 Å². The van der Waals surface area contributed by atoms with Crippen LogP contribution in [-0.4, -0.2) is 17.6 Å². The van der Waals surface area contributed by atoms with Crippen molar-refractivity contribution < 1.29 is 9.53 Å². The fourth-order valence-electron chi connectivity index (χ4n) is 2.78. The number of carbonyl (C=O) groups excluding carboxylic acids is 1. The van der Waals surface area contributed by atoms with Gasteiger partial charge in [-0.15, -0.1) is 0 Å². The van der Waals surface area contributed by atoms with Crippen LogP contribution < -0.4 is 14.9 Å². The van der Waals surface area contributed by atoms with Crippen molar-refractivity contribution in [2.24, 2.45) is 0 Å². The van der Waals surface area contributed by atoms with Gasteiger partial charge in [0, 0.05) is 22.8 Å². The van der Waals surface area contributed by atoms with E-state index in [4.69, 9.17) is 16.3 Å². The number of benzene rings is 2. The number of amides is 1. The van der Waals surface area contributed by atoms with Crippen molar-refractivity contribution in [2.75, 3.05) is 7.11 Å². The van der Waals surface area contributed by atoms with Gasteiger partial charge in [-0.25, -0.2) is 0 Å². The largest absolute Gasteiger partial charge is 0.496 e. The van der Waals surface area contributed by atoms with Crippen molar-refractivity contribution in [1.29, 1.82) is 0 Å². The second kappa shape index (κ2) is 8.41. The van der Waals surface area contributed by atoms with E-state index in [-0.39, 0.29) is 10.8 Å². The van der Waals surface area contributed by atoms with Gasteiger partial charge in [-0.1, -0.05) is 53.3 Å². The van der Waals surface area contributed by atoms with E-state index in [0.29, 0.717) is 34.4 Å². The average molecular weight is 403 g/mol. The fourth-order valence-corrected chi connectivity index (χ4v) is 3.90. The first kappa shape index (κ1) is 19.2. The van der Waals surface area contributed by atoms with Gasteiger partial charge in [0.15, 0.2) is 0 Å². The summed E-state index contributed by atoms with van der Waals surface area (Å²) in [5, 5.41) is 3.46. The number of nitrogens with zero attached hydrogens (tertiary/aromatic N) is 1. The van der Waals surface area contributed by atoms with Crippen molar-refractivity contribution >= 4 is 28.8 Å². The first-order chi connectivity index (χ1) is 13.0. The minimum atomic E-state index is -0.270. The Kier molecular flexibility index (Phi) is 5.98. The highest BCUT2D eigenvalue weighted by molar-refractivity contribution is 7.11. The lowest BCUT2D eigenvalue weighted by Gasteiger charge is -2.10. The number of hydrogen-bond acceptors (Lipinski definition) is 4. The first-order valence-corrected chi connectivity index (χ1v) is 9.54. The topological polar surface area (TPSA) is 60.3 Å². The number of hydrogen-bond donors (Lipinski definition) is 1. The number of aromatic nitrogens is 1. The molecule has 0 unspecified atom stereocenters. The average Bonchev–Trinajstić information content (AvgIpc) is 2.95. The molecule has 0 bridgehead atoms. The van der Waals surface area contributed by atoms with Gasteiger partial charge in [0.1, 0.15) is 10.6 Å². The molecule has 0 radical (unpaired) electrons. The molecule has 5 nitrogen and oxygen atoms in total. The quantitative estimate of drug-likeness (QED) is 0.681. The van der Waals surface area contributed by atoms with Gasteiger partial charge in [0.2, 0.25) is 0 Å². The number of nitrogens with one attached hydrogen (secondary N) is 1. The number of thiazole rings is 1. The van der Waals surface area contributed by atoms with Crippen molar-refractivity contribution in [1.82, 2.24) is 9.88 Å². The van der Waals surface area contributed by atoms with Gasteiger partial charge >= 0.3 is 4.87 Å². The number of halogens is 1. The molecule has 0 aliphatic heterocycles. The summed E-state index contributed by atoms with van der Waals surface area (Å²) in [5.41, 5.74) is 2.42. The number of methoxy groups -OCH3 is 1. The molecule has 0 saturated heterocycles. The Bertz CT molecular complexity index is 1030. The monoisotopic (exact) mass is 402 g/mol. The van der Waals surface area contributed by atoms with Crippen LogP contribution in [0.2, 0.25) is 5.02 Å². The zero-order valence-electron chi connectivity index (χ0n) is 15.0. The molecule has 0 aliphatic carbocycles. The van der Waals surface area contributed by atoms with E-state index in [1.807, 2.05) is 36.4 Å². The van der Waals surface area contributed by atoms with Gasteiger partial charge in [-0.05, 0) is 30.7 Å². The van der Waals surface area contributed by atoms with E-state index in [2.05, 4.69) is 5.32 Å². The van der Waals surface area contributed by atoms with Crippen LogP contribution in [0, 0.1) is 6.92 Å². The predicted octanol–water partition coefficient (Wildman–Crippen LogP) is 3.86. The Morgan fingerprint density at radius 3 is 2.74 bits per heavy atom. The predicted molar refractivity (Wildman–Crippen MR) is 108 cm³/mol. The second-order valence-corrected chi connectivity index (χ2v) is 7.39. The van der Waals surface area contributed by atoms with E-state index in [1.165, 1.54) is 0 Å². The molecule has 0 spiro atoms. The molecule has 0 fully saturated rings. The third-order valence-electron chi connectivity index (χ3n) is 4.21. The van der Waals surface area contributed by atoms with Gasteiger partial charge in [-0.2, -0.15) is 0 Å². The highest BCUT2D eigenvalue weighted by Gasteiger charge is 2.18. The van der Waals surface area contributed by atoms with Crippen LogP contribution in [-0.2, 0) is 13.1 Å². The minimum absolute atomic E-state index is 0.175. The molecule has 1 heterocycles. The Morgan fingerprint density at radius 1 is 1.22 bits per heavy atom. The summed E-state index contributed by atoms with van der Waals surface area (Å²) in [6, 6.07) is 14.8. The summed E-state index contributed by atoms with van der Waals surface area (Å²) in [4.78, 5) is 25.2. The maximum absolute atomic E-state index is 12.6. The molecule has 0 aliphatic rings. The molecule has 0 atom stereocenters. The molecule has 1 N–H and O–H groups in total. The van der Waals surface area contributed by atoms with Crippen LogP contribution in [0.5, 0.6) is 5.75 Å². The SMILES string of the molecule is COc1ccccc1Cn1c(C)c(C(=O)NCc2cccc(Cl)c2)sc1=O. The molecule has 2 aromatic carbocycles. The zero-order valence-corrected chi connectivity index (χ0v) is 16.6. The molecule has 3 aromatic rings. The molecule has 140 valence electrons. The van der Waals surface area contributed by atoms with E-state index < -0.39 is 0 Å². The van der Waals surface area contributed by atoms with Crippen LogP contribution in [0.3, 0.4) is 0 Å². The minimum Gasteiger partial charge on any atom is -0.496 e. The molecule has 27 heavy (non-hydrogen) atoms. The van der Waals surface area contributed by atoms with E-state index in [9.17, 15) is 9.59 Å². The third-order valence-corrected chi connectivity index (χ3v) is 5.53. The lowest BCUT2D eigenvalue weighted by Crippen LogP contribution is -2.23. The second-order valence-electron chi connectivity index (χ2n) is 5.99. The van der Waals surface area contributed by atoms with Gasteiger partial charge < -0.3 is 10.1 Å². The third kappa shape index (κ3) is 4.40. The number of ether oxygens (including phenoxy) is 1. The fraction of sp³-hybridized carbons (Fsp3) is 0.200. The molecule has 1 amide bonds. The van der Waals surface area contributed by atoms with Crippen molar-refractivity contribution in [3.05, 3.63) is 84.9 Å². The van der Waals surface area contributed by atoms with Crippen LogP contribution in [0.1, 0.15) is 26.5 Å². The van der Waals surface area contributed by atoms with Crippen LogP contribution >= 0.6 is 22.9 Å². The van der Waals surface area contributed by atoms with Crippen LogP contribution in [0.4, 0.5) is 0 Å². The van der Waals surface area contributed by atoms with Crippen LogP contribution in [0.25, 0.3) is 0 Å². The van der Waals surface area contributed by atoms with Crippen molar-refractivity contribution in [3.63, 3.8) is 0 Å². The van der Waals surface area contributed by atoms with Gasteiger partial charge in [0.25, 0.3) is 5.91 Å². The zero-order chi connectivity index (χ0) is 19.4. The van der Waals surface area contributed by atoms with Crippen LogP contribution in [0.15, 0.2) is 53.3 Å². The lowest BCUT2D eigenvalue weighted by molar-refractivity contribution is 0.0954. The molecular weight excluding hydrogens is 384 g/mol. The molecule has 7 heteroatoms. The highest BCUT2D eigenvalue weighted by Crippen LogP contribution is 2.20. The Labute approximate surface area is 166 Å². The van der Waals surface area contributed by atoms with E-state index in [1.54, 1.807) is 30.7 Å². The smallest absolute Gasteiger partial charge is 0.308 e. The van der Waals surface area contributed by atoms with E-state index in [0.717, 1.165) is 22.5 Å². The molecule has 0 saturated carbocycles. The lowest BCUT2D eigenvalue weighted by atomic mass is 10.2. The summed E-state index contributed by atoms with van der Waals surface area (Å²) in [6.07, 6.45) is 0. The summed E-state index contributed by atoms with van der Waals surface area (Å²) in [5.74, 6) is 0.440. The number of rotatable bonds is 6. The number of para-hydroxylation sites is 1. The van der Waals surface area contributed by atoms with Gasteiger partial charge in [-0.3, -0.25) is 14.2 Å². The summed E-state index contributed by atoms with van der Waals surface area (Å²) in [7, 11) is 1.59. The standard InChI is InChI=1S/C20H19ClN2O3S/c1-13-18(19(24)22-11-14-6-5-8-16(21)10-14)27-20(25)23(13)12-15-7-3-4-9-17(15)26-2/h3-10H,11-12H2,1-2H3,(H,22,24). The maximum atomic E-state index is 12.6. The number of carbonyl (C=O) groups is 1. The van der Waals surface area contributed by atoms with Crippen molar-refractivity contribution in [2.45, 2.75) is 20.0 Å². The maximum Gasteiger partial charge on any atom is 0.308 e. The normalized spacial score (nSPS) is 10.6.